The van der Waals surface area contributed by atoms with Crippen molar-refractivity contribution < 1.29 is 15.0 Å². The Bertz CT molecular complexity index is 903. The summed E-state index contributed by atoms with van der Waals surface area (Å²) in [5.74, 6) is 0.0895. The van der Waals surface area contributed by atoms with Crippen LogP contribution in [-0.2, 0) is 17.6 Å². The van der Waals surface area contributed by atoms with Gasteiger partial charge in [0.25, 0.3) is 0 Å². The third kappa shape index (κ3) is 7.48. The molecule has 1 amide bonds. The highest BCUT2D eigenvalue weighted by Crippen LogP contribution is 2.16. The number of nitrogens with one attached hydrogen (secondary N) is 2. The fourth-order valence-corrected chi connectivity index (χ4v) is 2.91. The summed E-state index contributed by atoms with van der Waals surface area (Å²) in [6.45, 7) is 1.16. The molecule has 1 atom stereocenters. The molecule has 1 heterocycles. The first-order chi connectivity index (χ1) is 14.1. The molecule has 0 fully saturated rings. The van der Waals surface area contributed by atoms with Crippen LogP contribution in [0.2, 0.25) is 0 Å². The van der Waals surface area contributed by atoms with Crippen LogP contribution in [0.3, 0.4) is 0 Å². The molecule has 0 aliphatic rings. The van der Waals surface area contributed by atoms with Crippen LogP contribution in [0.5, 0.6) is 5.75 Å². The molecule has 0 aliphatic heterocycles. The lowest BCUT2D eigenvalue weighted by atomic mass is 10.1. The van der Waals surface area contributed by atoms with Crippen molar-refractivity contribution in [1.82, 2.24) is 10.3 Å². The Morgan fingerprint density at radius 3 is 2.40 bits per heavy atom. The molecule has 0 aliphatic carbocycles. The van der Waals surface area contributed by atoms with Crippen molar-refractivity contribution in [3.63, 3.8) is 0 Å². The molecule has 7 heteroatoms. The number of phenols is 1. The number of carbonyl (C=O) groups excluding carboxylic acids is 1. The van der Waals surface area contributed by atoms with Gasteiger partial charge >= 0.3 is 0 Å². The third-order valence-corrected chi connectivity index (χ3v) is 4.51. The summed E-state index contributed by atoms with van der Waals surface area (Å²) in [7, 11) is 0. The van der Waals surface area contributed by atoms with Crippen LogP contribution in [0.4, 0.5) is 5.69 Å². The van der Waals surface area contributed by atoms with Gasteiger partial charge in [-0.25, -0.2) is 0 Å². The molecular weight excluding hydrogens is 402 g/mol. The summed E-state index contributed by atoms with van der Waals surface area (Å²) in [5, 5.41) is 25.5. The van der Waals surface area contributed by atoms with Gasteiger partial charge in [0, 0.05) is 24.1 Å². The number of halogens is 1. The van der Waals surface area contributed by atoms with Crippen molar-refractivity contribution in [2.24, 2.45) is 0 Å². The minimum atomic E-state index is -0.618. The number of anilines is 1. The van der Waals surface area contributed by atoms with Gasteiger partial charge in [0.05, 0.1) is 12.5 Å². The number of phenolic OH excluding ortho intramolecular Hbond substituents is 1. The molecule has 0 saturated carbocycles. The summed E-state index contributed by atoms with van der Waals surface area (Å²) in [6, 6.07) is 19.8. The van der Waals surface area contributed by atoms with E-state index >= 15 is 0 Å². The van der Waals surface area contributed by atoms with E-state index in [0.717, 1.165) is 35.5 Å². The van der Waals surface area contributed by atoms with Gasteiger partial charge in [-0.2, -0.15) is 0 Å². The number of benzene rings is 2. The van der Waals surface area contributed by atoms with Gasteiger partial charge in [-0.15, -0.1) is 12.4 Å². The lowest BCUT2D eigenvalue weighted by Gasteiger charge is -2.12. The normalized spacial score (nSPS) is 11.4. The minimum Gasteiger partial charge on any atom is -0.508 e. The SMILES string of the molecule is Cl.O=C(Cc1ccccn1)Nc1ccc(CCNCC(O)c2ccc(O)cc2)cc1. The number of hydrogen-bond donors (Lipinski definition) is 4. The molecule has 0 bridgehead atoms. The van der Waals surface area contributed by atoms with E-state index < -0.39 is 6.10 Å². The largest absolute Gasteiger partial charge is 0.508 e. The number of aromatic hydroxyl groups is 1. The van der Waals surface area contributed by atoms with Gasteiger partial charge in [-0.05, 0) is 60.5 Å². The lowest BCUT2D eigenvalue weighted by Crippen LogP contribution is -2.23. The number of amides is 1. The zero-order valence-corrected chi connectivity index (χ0v) is 17.3. The monoisotopic (exact) mass is 427 g/mol. The molecule has 4 N–H and O–H groups in total. The molecule has 2 aromatic carbocycles. The molecule has 3 rings (SSSR count). The van der Waals surface area contributed by atoms with Crippen molar-refractivity contribution in [2.75, 3.05) is 18.4 Å². The predicted molar refractivity (Wildman–Crippen MR) is 120 cm³/mol. The predicted octanol–water partition coefficient (Wildman–Crippen LogP) is 3.26. The van der Waals surface area contributed by atoms with Crippen molar-refractivity contribution in [3.05, 3.63) is 89.7 Å². The van der Waals surface area contributed by atoms with Gasteiger partial charge in [0.1, 0.15) is 5.75 Å². The Morgan fingerprint density at radius 1 is 1.00 bits per heavy atom. The zero-order valence-electron chi connectivity index (χ0n) is 16.5. The van der Waals surface area contributed by atoms with Crippen LogP contribution in [0.25, 0.3) is 0 Å². The van der Waals surface area contributed by atoms with Crippen LogP contribution in [0, 0.1) is 0 Å². The van der Waals surface area contributed by atoms with Crippen LogP contribution in [-0.4, -0.2) is 34.2 Å². The summed E-state index contributed by atoms with van der Waals surface area (Å²) in [4.78, 5) is 16.2. The fourth-order valence-electron chi connectivity index (χ4n) is 2.91. The molecule has 158 valence electrons. The Labute approximate surface area is 182 Å². The Kier molecular flexibility index (Phi) is 9.28. The van der Waals surface area contributed by atoms with Crippen LogP contribution < -0.4 is 10.6 Å². The van der Waals surface area contributed by atoms with Crippen molar-refractivity contribution in [2.45, 2.75) is 18.9 Å². The van der Waals surface area contributed by atoms with Crippen molar-refractivity contribution >= 4 is 24.0 Å². The third-order valence-electron chi connectivity index (χ3n) is 4.51. The summed E-state index contributed by atoms with van der Waals surface area (Å²) in [5.41, 5.74) is 3.40. The molecule has 6 nitrogen and oxygen atoms in total. The topological polar surface area (TPSA) is 94.5 Å². The van der Waals surface area contributed by atoms with Gasteiger partial charge in [0.2, 0.25) is 5.91 Å². The van der Waals surface area contributed by atoms with E-state index in [2.05, 4.69) is 15.6 Å². The molecule has 30 heavy (non-hydrogen) atoms. The van der Waals surface area contributed by atoms with Crippen molar-refractivity contribution in [1.29, 1.82) is 0 Å². The number of pyridine rings is 1. The number of carbonyl (C=O) groups is 1. The number of hydrogen-bond acceptors (Lipinski definition) is 5. The van der Waals surface area contributed by atoms with Gasteiger partial charge < -0.3 is 20.8 Å². The Hall–Kier alpha value is -2.93. The second kappa shape index (κ2) is 11.9. The second-order valence-corrected chi connectivity index (χ2v) is 6.80. The molecule has 1 unspecified atom stereocenters. The van der Waals surface area contributed by atoms with E-state index in [0.29, 0.717) is 6.54 Å². The van der Waals surface area contributed by atoms with E-state index in [1.54, 1.807) is 30.5 Å². The molecule has 1 aromatic heterocycles. The number of aliphatic hydroxyl groups is 1. The van der Waals surface area contributed by atoms with Crippen LogP contribution >= 0.6 is 12.4 Å². The van der Waals surface area contributed by atoms with Crippen molar-refractivity contribution in [3.8, 4) is 5.75 Å². The number of aromatic nitrogens is 1. The second-order valence-electron chi connectivity index (χ2n) is 6.80. The molecule has 0 saturated heterocycles. The lowest BCUT2D eigenvalue weighted by molar-refractivity contribution is -0.115. The molecule has 0 radical (unpaired) electrons. The highest BCUT2D eigenvalue weighted by molar-refractivity contribution is 5.92. The first kappa shape index (κ1) is 23.3. The molecular formula is C23H26ClN3O3. The number of rotatable bonds is 9. The van der Waals surface area contributed by atoms with Crippen LogP contribution in [0.15, 0.2) is 72.9 Å². The maximum atomic E-state index is 12.1. The smallest absolute Gasteiger partial charge is 0.230 e. The maximum Gasteiger partial charge on any atom is 0.230 e. The number of nitrogens with zero attached hydrogens (tertiary/aromatic N) is 1. The van der Waals surface area contributed by atoms with E-state index in [1.165, 1.54) is 0 Å². The quantitative estimate of drug-likeness (QED) is 0.393. The highest BCUT2D eigenvalue weighted by atomic mass is 35.5. The van der Waals surface area contributed by atoms with E-state index in [-0.39, 0.29) is 30.5 Å². The zero-order chi connectivity index (χ0) is 20.5. The fraction of sp³-hybridized carbons (Fsp3) is 0.217. The van der Waals surface area contributed by atoms with Crippen LogP contribution in [0.1, 0.15) is 22.9 Å². The highest BCUT2D eigenvalue weighted by Gasteiger charge is 2.07. The Morgan fingerprint density at radius 2 is 1.73 bits per heavy atom. The maximum absolute atomic E-state index is 12.1. The summed E-state index contributed by atoms with van der Waals surface area (Å²) >= 11 is 0. The number of aliphatic hydroxyl groups excluding tert-OH is 1. The molecule has 3 aromatic rings. The standard InChI is InChI=1S/C23H25N3O3.ClH/c27-21-10-6-18(7-11-21)22(28)16-24-14-12-17-4-8-19(9-5-17)26-23(29)15-20-3-1-2-13-25-20;/h1-11,13,22,24,27-28H,12,14-16H2,(H,26,29);1H. The Balaban J connectivity index is 0.00000320. The first-order valence-electron chi connectivity index (χ1n) is 9.56. The molecule has 0 spiro atoms. The van der Waals surface area contributed by atoms with E-state index in [4.69, 9.17) is 0 Å². The van der Waals surface area contributed by atoms with E-state index in [1.807, 2.05) is 42.5 Å². The summed E-state index contributed by atoms with van der Waals surface area (Å²) in [6.07, 6.45) is 2.11. The first-order valence-corrected chi connectivity index (χ1v) is 9.56. The van der Waals surface area contributed by atoms with Gasteiger partial charge in [0.15, 0.2) is 0 Å². The van der Waals surface area contributed by atoms with Gasteiger partial charge in [-0.1, -0.05) is 30.3 Å². The average molecular weight is 428 g/mol. The summed E-state index contributed by atoms with van der Waals surface area (Å²) < 4.78 is 0. The van der Waals surface area contributed by atoms with Gasteiger partial charge in [-0.3, -0.25) is 9.78 Å². The average Bonchev–Trinajstić information content (AvgIpc) is 2.73. The minimum absolute atomic E-state index is 0. The van der Waals surface area contributed by atoms with E-state index in [9.17, 15) is 15.0 Å².